The Hall–Kier alpha value is -2.81. The Kier molecular flexibility index (Phi) is 5.30. The van der Waals surface area contributed by atoms with Gasteiger partial charge in [-0.1, -0.05) is 12.1 Å². The summed E-state index contributed by atoms with van der Waals surface area (Å²) < 4.78 is 0. The lowest BCUT2D eigenvalue weighted by Gasteiger charge is -2.07. The summed E-state index contributed by atoms with van der Waals surface area (Å²) in [6.07, 6.45) is 1.26. The van der Waals surface area contributed by atoms with E-state index >= 15 is 0 Å². The van der Waals surface area contributed by atoms with E-state index in [0.29, 0.717) is 0 Å². The van der Waals surface area contributed by atoms with Crippen LogP contribution in [0.3, 0.4) is 0 Å². The van der Waals surface area contributed by atoms with E-state index in [9.17, 15) is 9.59 Å². The molecule has 0 aromatic heterocycles. The molecule has 1 aromatic rings. The number of carbonyl (C=O) groups excluding carboxylic acids is 1. The van der Waals surface area contributed by atoms with Crippen LogP contribution in [0.5, 0.6) is 0 Å². The van der Waals surface area contributed by atoms with E-state index < -0.39 is 18.4 Å². The second-order valence-corrected chi connectivity index (χ2v) is 4.21. The first-order valence-electron chi connectivity index (χ1n) is 5.88. The Morgan fingerprint density at radius 2 is 2.10 bits per heavy atom. The molecule has 3 N–H and O–H groups in total. The van der Waals surface area contributed by atoms with Crippen LogP contribution in [0.15, 0.2) is 30.0 Å². The van der Waals surface area contributed by atoms with Crippen molar-refractivity contribution in [2.24, 2.45) is 0 Å². The summed E-state index contributed by atoms with van der Waals surface area (Å²) in [6, 6.07) is 7.48. The fourth-order valence-electron chi connectivity index (χ4n) is 1.44. The number of nitrogens with one attached hydrogen (secondary N) is 2. The summed E-state index contributed by atoms with van der Waals surface area (Å²) >= 11 is 0. The van der Waals surface area contributed by atoms with Gasteiger partial charge in [0.15, 0.2) is 0 Å². The second kappa shape index (κ2) is 6.95. The fourth-order valence-corrected chi connectivity index (χ4v) is 1.44. The van der Waals surface area contributed by atoms with E-state index in [4.69, 9.17) is 10.4 Å². The average molecular weight is 273 g/mol. The van der Waals surface area contributed by atoms with Gasteiger partial charge in [-0.05, 0) is 31.0 Å². The Balaban J connectivity index is 2.80. The summed E-state index contributed by atoms with van der Waals surface area (Å²) in [5.74, 6) is -1.90. The van der Waals surface area contributed by atoms with Gasteiger partial charge in [-0.25, -0.2) is 0 Å². The molecule has 0 spiro atoms. The van der Waals surface area contributed by atoms with Gasteiger partial charge in [-0.3, -0.25) is 9.59 Å². The lowest BCUT2D eigenvalue weighted by Crippen LogP contribution is -2.30. The molecule has 0 fully saturated rings. The number of benzene rings is 1. The van der Waals surface area contributed by atoms with Gasteiger partial charge < -0.3 is 15.7 Å². The minimum absolute atomic E-state index is 0.188. The van der Waals surface area contributed by atoms with Crippen LogP contribution in [0.25, 0.3) is 0 Å². The van der Waals surface area contributed by atoms with Gasteiger partial charge in [0.25, 0.3) is 5.91 Å². The predicted octanol–water partition coefficient (Wildman–Crippen LogP) is 1.32. The highest BCUT2D eigenvalue weighted by molar-refractivity contribution is 5.98. The van der Waals surface area contributed by atoms with Gasteiger partial charge in [0.1, 0.15) is 18.2 Å². The number of hydrogen-bond acceptors (Lipinski definition) is 4. The zero-order chi connectivity index (χ0) is 15.1. The van der Waals surface area contributed by atoms with Crippen molar-refractivity contribution in [1.29, 1.82) is 5.26 Å². The number of amides is 1. The lowest BCUT2D eigenvalue weighted by atomic mass is 10.1. The van der Waals surface area contributed by atoms with Crippen molar-refractivity contribution < 1.29 is 14.7 Å². The molecule has 1 rings (SSSR count). The molecule has 0 saturated carbocycles. The fraction of sp³-hybridized carbons (Fsp3) is 0.214. The van der Waals surface area contributed by atoms with Gasteiger partial charge in [0.05, 0.1) is 0 Å². The zero-order valence-electron chi connectivity index (χ0n) is 11.2. The summed E-state index contributed by atoms with van der Waals surface area (Å²) in [5.41, 5.74) is 2.60. The van der Waals surface area contributed by atoms with E-state index in [1.54, 1.807) is 6.07 Å². The normalized spacial score (nSPS) is 10.6. The van der Waals surface area contributed by atoms with E-state index in [1.165, 1.54) is 6.20 Å². The molecule has 0 aliphatic heterocycles. The smallest absolute Gasteiger partial charge is 0.322 e. The van der Waals surface area contributed by atoms with Crippen molar-refractivity contribution >= 4 is 17.6 Å². The van der Waals surface area contributed by atoms with E-state index in [2.05, 4.69) is 10.6 Å². The van der Waals surface area contributed by atoms with Crippen molar-refractivity contribution in [1.82, 2.24) is 5.32 Å². The third-order valence-electron chi connectivity index (χ3n) is 2.53. The molecule has 104 valence electrons. The highest BCUT2D eigenvalue weighted by Gasteiger charge is 2.10. The number of anilines is 1. The van der Waals surface area contributed by atoms with Crippen LogP contribution in [0.2, 0.25) is 0 Å². The average Bonchev–Trinajstić information content (AvgIpc) is 2.40. The van der Waals surface area contributed by atoms with Crippen LogP contribution in [-0.2, 0) is 9.59 Å². The molecule has 20 heavy (non-hydrogen) atoms. The minimum atomic E-state index is -1.17. The molecular weight excluding hydrogens is 258 g/mol. The molecule has 0 heterocycles. The number of carboxylic acids is 1. The number of carboxylic acid groups (broad SMARTS) is 1. The van der Waals surface area contributed by atoms with E-state index in [-0.39, 0.29) is 5.57 Å². The molecule has 0 bridgehead atoms. The summed E-state index contributed by atoms with van der Waals surface area (Å²) in [5, 5.41) is 22.4. The topological polar surface area (TPSA) is 102 Å². The quantitative estimate of drug-likeness (QED) is 0.554. The van der Waals surface area contributed by atoms with Gasteiger partial charge in [-0.2, -0.15) is 5.26 Å². The molecule has 0 unspecified atom stereocenters. The first kappa shape index (κ1) is 15.2. The minimum Gasteiger partial charge on any atom is -0.480 e. The Morgan fingerprint density at radius 3 is 2.70 bits per heavy atom. The molecule has 1 amide bonds. The van der Waals surface area contributed by atoms with Crippen LogP contribution >= 0.6 is 0 Å². The number of rotatable bonds is 5. The third-order valence-corrected chi connectivity index (χ3v) is 2.53. The Bertz CT molecular complexity index is 600. The van der Waals surface area contributed by atoms with Crippen LogP contribution in [0.4, 0.5) is 5.69 Å². The lowest BCUT2D eigenvalue weighted by molar-refractivity contribution is -0.137. The van der Waals surface area contributed by atoms with Crippen LogP contribution in [0, 0.1) is 25.2 Å². The molecular formula is C14H15N3O3. The van der Waals surface area contributed by atoms with E-state index in [0.717, 1.165) is 16.8 Å². The summed E-state index contributed by atoms with van der Waals surface area (Å²) in [6.45, 7) is 3.30. The summed E-state index contributed by atoms with van der Waals surface area (Å²) in [4.78, 5) is 21.9. The highest BCUT2D eigenvalue weighted by atomic mass is 16.4. The number of nitriles is 1. The maximum absolute atomic E-state index is 11.5. The number of nitrogens with zero attached hydrogens (tertiary/aromatic N) is 1. The number of aryl methyl sites for hydroxylation is 2. The first-order valence-corrected chi connectivity index (χ1v) is 5.88. The zero-order valence-corrected chi connectivity index (χ0v) is 11.2. The SMILES string of the molecule is Cc1ccc(C)c(N/C=C(/C#N)C(=O)NCC(=O)O)c1. The highest BCUT2D eigenvalue weighted by Crippen LogP contribution is 2.16. The standard InChI is InChI=1S/C14H15N3O3/c1-9-3-4-10(2)12(5-9)16-7-11(6-15)14(20)17-8-13(18)19/h3-5,7,16H,8H2,1-2H3,(H,17,20)(H,18,19)/b11-7-. The molecule has 1 aromatic carbocycles. The van der Waals surface area contributed by atoms with Gasteiger partial charge in [-0.15, -0.1) is 0 Å². The number of carbonyl (C=O) groups is 2. The number of hydrogen-bond donors (Lipinski definition) is 3. The van der Waals surface area contributed by atoms with Crippen molar-refractivity contribution in [3.8, 4) is 6.07 Å². The Labute approximate surface area is 116 Å². The van der Waals surface area contributed by atoms with E-state index in [1.807, 2.05) is 32.0 Å². The predicted molar refractivity (Wildman–Crippen MR) is 73.9 cm³/mol. The summed E-state index contributed by atoms with van der Waals surface area (Å²) in [7, 11) is 0. The van der Waals surface area contributed by atoms with Crippen molar-refractivity contribution in [2.45, 2.75) is 13.8 Å². The molecule has 0 radical (unpaired) electrons. The largest absolute Gasteiger partial charge is 0.480 e. The van der Waals surface area contributed by atoms with Crippen molar-refractivity contribution in [2.75, 3.05) is 11.9 Å². The second-order valence-electron chi connectivity index (χ2n) is 4.21. The van der Waals surface area contributed by atoms with Crippen molar-refractivity contribution in [3.63, 3.8) is 0 Å². The van der Waals surface area contributed by atoms with Gasteiger partial charge >= 0.3 is 5.97 Å². The Morgan fingerprint density at radius 1 is 1.40 bits per heavy atom. The van der Waals surface area contributed by atoms with Crippen LogP contribution < -0.4 is 10.6 Å². The maximum atomic E-state index is 11.5. The maximum Gasteiger partial charge on any atom is 0.322 e. The molecule has 6 heteroatoms. The van der Waals surface area contributed by atoms with Gasteiger partial charge in [0, 0.05) is 11.9 Å². The monoisotopic (exact) mass is 273 g/mol. The van der Waals surface area contributed by atoms with Crippen LogP contribution in [0.1, 0.15) is 11.1 Å². The number of aliphatic carboxylic acids is 1. The van der Waals surface area contributed by atoms with Crippen molar-refractivity contribution in [3.05, 3.63) is 41.1 Å². The molecule has 0 saturated heterocycles. The molecule has 0 atom stereocenters. The molecule has 0 aliphatic carbocycles. The first-order chi connectivity index (χ1) is 9.43. The van der Waals surface area contributed by atoms with Gasteiger partial charge in [0.2, 0.25) is 0 Å². The van der Waals surface area contributed by atoms with Crippen LogP contribution in [-0.4, -0.2) is 23.5 Å². The molecule has 6 nitrogen and oxygen atoms in total. The third kappa shape index (κ3) is 4.46. The molecule has 0 aliphatic rings.